The molecule has 1 saturated heterocycles. The van der Waals surface area contributed by atoms with Crippen molar-refractivity contribution >= 4 is 5.91 Å². The second-order valence-electron chi connectivity index (χ2n) is 5.55. The van der Waals surface area contributed by atoms with Gasteiger partial charge in [-0.2, -0.15) is 5.10 Å². The second-order valence-corrected chi connectivity index (χ2v) is 5.55. The van der Waals surface area contributed by atoms with Gasteiger partial charge in [-0.3, -0.25) is 4.79 Å². The van der Waals surface area contributed by atoms with Crippen molar-refractivity contribution < 1.29 is 4.79 Å². The number of hydrogen-bond acceptors (Lipinski definition) is 5. The molecule has 0 spiro atoms. The number of piperidine rings is 1. The van der Waals surface area contributed by atoms with Crippen LogP contribution in [0.4, 0.5) is 0 Å². The zero-order valence-electron chi connectivity index (χ0n) is 12.9. The van der Waals surface area contributed by atoms with Gasteiger partial charge in [0, 0.05) is 19.3 Å². The van der Waals surface area contributed by atoms with Crippen molar-refractivity contribution in [3.05, 3.63) is 35.9 Å². The highest BCUT2D eigenvalue weighted by Gasteiger charge is 2.27. The van der Waals surface area contributed by atoms with Gasteiger partial charge in [-0.25, -0.2) is 19.6 Å². The first kappa shape index (κ1) is 14.6. The van der Waals surface area contributed by atoms with Crippen molar-refractivity contribution in [3.8, 4) is 0 Å². The monoisotopic (exact) mass is 300 g/mol. The Morgan fingerprint density at radius 2 is 2.32 bits per heavy atom. The Labute approximate surface area is 129 Å². The fourth-order valence-electron chi connectivity index (χ4n) is 2.90. The molecule has 1 aliphatic heterocycles. The van der Waals surface area contributed by atoms with E-state index in [-0.39, 0.29) is 11.9 Å². The molecule has 22 heavy (non-hydrogen) atoms. The maximum absolute atomic E-state index is 12.8. The van der Waals surface area contributed by atoms with E-state index in [0.717, 1.165) is 31.5 Å². The summed E-state index contributed by atoms with van der Waals surface area (Å²) in [5.74, 6) is 0.717. The average Bonchev–Trinajstić information content (AvgIpc) is 3.08. The predicted molar refractivity (Wildman–Crippen MR) is 80.3 cm³/mol. The van der Waals surface area contributed by atoms with Crippen molar-refractivity contribution in [2.45, 2.75) is 39.2 Å². The summed E-state index contributed by atoms with van der Waals surface area (Å²) in [6.07, 6.45) is 7.60. The van der Waals surface area contributed by atoms with E-state index in [1.165, 1.54) is 6.33 Å². The number of rotatable bonds is 3. The topological polar surface area (TPSA) is 76.8 Å². The number of amides is 1. The number of likely N-dealkylation sites (tertiary alicyclic amines) is 1. The molecule has 0 N–H and O–H groups in total. The molecular weight excluding hydrogens is 280 g/mol. The van der Waals surface area contributed by atoms with Crippen LogP contribution in [0.15, 0.2) is 18.9 Å². The molecule has 7 nitrogen and oxygen atoms in total. The molecule has 7 heteroatoms. The number of hydrogen-bond donors (Lipinski definition) is 0. The number of aryl methyl sites for hydroxylation is 2. The highest BCUT2D eigenvalue weighted by molar-refractivity contribution is 5.95. The van der Waals surface area contributed by atoms with Crippen molar-refractivity contribution in [3.63, 3.8) is 0 Å². The summed E-state index contributed by atoms with van der Waals surface area (Å²) in [6.45, 7) is 5.27. The minimum atomic E-state index is 0.0154. The minimum absolute atomic E-state index is 0.0154. The molecule has 2 aromatic heterocycles. The quantitative estimate of drug-likeness (QED) is 0.856. The smallest absolute Gasteiger partial charge is 0.257 e. The Kier molecular flexibility index (Phi) is 4.13. The molecule has 116 valence electrons. The van der Waals surface area contributed by atoms with Gasteiger partial charge in [0.15, 0.2) is 0 Å². The predicted octanol–water partition coefficient (Wildman–Crippen LogP) is 1.42. The minimum Gasteiger partial charge on any atom is -0.336 e. The number of nitrogens with zero attached hydrogens (tertiary/aromatic N) is 6. The van der Waals surface area contributed by atoms with Crippen LogP contribution in [-0.4, -0.2) is 48.6 Å². The summed E-state index contributed by atoms with van der Waals surface area (Å²) < 4.78 is 1.84. The summed E-state index contributed by atoms with van der Waals surface area (Å²) >= 11 is 0. The van der Waals surface area contributed by atoms with Gasteiger partial charge < -0.3 is 4.90 Å². The van der Waals surface area contributed by atoms with Gasteiger partial charge in [0.05, 0.1) is 17.3 Å². The Morgan fingerprint density at radius 3 is 3.05 bits per heavy atom. The lowest BCUT2D eigenvalue weighted by atomic mass is 10.0. The summed E-state index contributed by atoms with van der Waals surface area (Å²) in [5.41, 5.74) is 1.44. The van der Waals surface area contributed by atoms with E-state index >= 15 is 0 Å². The second kappa shape index (κ2) is 6.21. The Morgan fingerprint density at radius 1 is 1.45 bits per heavy atom. The van der Waals surface area contributed by atoms with Crippen LogP contribution >= 0.6 is 0 Å². The first-order valence-corrected chi connectivity index (χ1v) is 7.65. The van der Waals surface area contributed by atoms with Crippen molar-refractivity contribution in [1.29, 1.82) is 0 Å². The van der Waals surface area contributed by atoms with Gasteiger partial charge in [0.25, 0.3) is 5.91 Å². The average molecular weight is 300 g/mol. The van der Waals surface area contributed by atoms with Gasteiger partial charge in [0.2, 0.25) is 0 Å². The molecule has 1 aliphatic rings. The third-order valence-corrected chi connectivity index (χ3v) is 4.05. The van der Waals surface area contributed by atoms with Crippen LogP contribution in [0, 0.1) is 6.92 Å². The Balaban J connectivity index is 1.80. The molecule has 0 saturated carbocycles. The maximum atomic E-state index is 12.8. The van der Waals surface area contributed by atoms with E-state index in [9.17, 15) is 4.79 Å². The molecule has 0 unspecified atom stereocenters. The first-order valence-electron chi connectivity index (χ1n) is 7.65. The summed E-state index contributed by atoms with van der Waals surface area (Å²) in [4.78, 5) is 27.3. The first-order chi connectivity index (χ1) is 10.7. The molecule has 3 heterocycles. The highest BCUT2D eigenvalue weighted by atomic mass is 16.2. The van der Waals surface area contributed by atoms with Crippen molar-refractivity contribution in [2.75, 3.05) is 13.1 Å². The van der Waals surface area contributed by atoms with Crippen molar-refractivity contribution in [2.24, 2.45) is 0 Å². The van der Waals surface area contributed by atoms with E-state index in [4.69, 9.17) is 0 Å². The van der Waals surface area contributed by atoms with E-state index < -0.39 is 0 Å². The number of carbonyl (C=O) groups excluding carboxylic acids is 1. The summed E-state index contributed by atoms with van der Waals surface area (Å²) in [5, 5.41) is 4.19. The third kappa shape index (κ3) is 2.84. The van der Waals surface area contributed by atoms with Gasteiger partial charge >= 0.3 is 0 Å². The Bertz CT molecular complexity index is 654. The van der Waals surface area contributed by atoms with Gasteiger partial charge in [0.1, 0.15) is 18.5 Å². The van der Waals surface area contributed by atoms with Crippen LogP contribution < -0.4 is 0 Å². The van der Waals surface area contributed by atoms with Crippen LogP contribution in [0.2, 0.25) is 0 Å². The lowest BCUT2D eigenvalue weighted by molar-refractivity contribution is 0.0670. The van der Waals surface area contributed by atoms with E-state index in [1.807, 2.05) is 23.4 Å². The summed E-state index contributed by atoms with van der Waals surface area (Å²) in [6, 6.07) is 0.191. The van der Waals surface area contributed by atoms with E-state index in [1.54, 1.807) is 12.5 Å². The van der Waals surface area contributed by atoms with Crippen LogP contribution in [0.3, 0.4) is 0 Å². The molecule has 3 rings (SSSR count). The lowest BCUT2D eigenvalue weighted by Gasteiger charge is -2.32. The largest absolute Gasteiger partial charge is 0.336 e. The van der Waals surface area contributed by atoms with Crippen LogP contribution in [0.25, 0.3) is 0 Å². The van der Waals surface area contributed by atoms with Gasteiger partial charge in [-0.05, 0) is 26.2 Å². The molecular formula is C15H20N6O. The standard InChI is InChI=1S/C15H20N6O/c1-3-14-13(7-17-11(2)19-14)15(22)20-6-4-5-12(8-20)21-10-16-9-18-21/h7,9-10,12H,3-6,8H2,1-2H3/t12-/m0/s1. The van der Waals surface area contributed by atoms with Crippen LogP contribution in [-0.2, 0) is 6.42 Å². The molecule has 0 radical (unpaired) electrons. The Hall–Kier alpha value is -2.31. The molecule has 1 amide bonds. The lowest BCUT2D eigenvalue weighted by Crippen LogP contribution is -2.41. The maximum Gasteiger partial charge on any atom is 0.257 e. The zero-order chi connectivity index (χ0) is 15.5. The normalized spacial score (nSPS) is 18.5. The molecule has 0 aromatic carbocycles. The SMILES string of the molecule is CCc1nc(C)ncc1C(=O)N1CCC[C@H](n2cncn2)C1. The van der Waals surface area contributed by atoms with Crippen LogP contribution in [0.1, 0.15) is 47.7 Å². The molecule has 1 atom stereocenters. The number of carbonyl (C=O) groups is 1. The van der Waals surface area contributed by atoms with Gasteiger partial charge in [-0.1, -0.05) is 6.92 Å². The zero-order valence-corrected chi connectivity index (χ0v) is 12.9. The van der Waals surface area contributed by atoms with Crippen molar-refractivity contribution in [1.82, 2.24) is 29.6 Å². The fourth-order valence-corrected chi connectivity index (χ4v) is 2.90. The van der Waals surface area contributed by atoms with Gasteiger partial charge in [-0.15, -0.1) is 0 Å². The highest BCUT2D eigenvalue weighted by Crippen LogP contribution is 2.22. The third-order valence-electron chi connectivity index (χ3n) is 4.05. The molecule has 0 aliphatic carbocycles. The van der Waals surface area contributed by atoms with Crippen LogP contribution in [0.5, 0.6) is 0 Å². The molecule has 1 fully saturated rings. The van der Waals surface area contributed by atoms with E-state index in [0.29, 0.717) is 17.9 Å². The number of aromatic nitrogens is 5. The molecule has 2 aromatic rings. The fraction of sp³-hybridized carbons (Fsp3) is 0.533. The summed E-state index contributed by atoms with van der Waals surface area (Å²) in [7, 11) is 0. The van der Waals surface area contributed by atoms with E-state index in [2.05, 4.69) is 20.1 Å². The molecule has 0 bridgehead atoms.